The van der Waals surface area contributed by atoms with Gasteiger partial charge in [0.1, 0.15) is 5.75 Å². The molecule has 0 bridgehead atoms. The van der Waals surface area contributed by atoms with E-state index in [0.717, 1.165) is 18.2 Å². The Balaban J connectivity index is 3.32. The molecule has 0 radical (unpaired) electrons. The zero-order chi connectivity index (χ0) is 13.9. The predicted molar refractivity (Wildman–Crippen MR) is 72.1 cm³/mol. The first-order valence-electron chi connectivity index (χ1n) is 5.99. The standard InChI is InChI=1S/C13H21O4P/c1-9(2)11-7-6-8-12(10(3)4)13(11)17-18(14,15)16-5/h6-10H,1-5H3,(H,14,15). The summed E-state index contributed by atoms with van der Waals surface area (Å²) in [6.45, 7) is 8.06. The van der Waals surface area contributed by atoms with Gasteiger partial charge in [-0.1, -0.05) is 45.9 Å². The lowest BCUT2D eigenvalue weighted by atomic mass is 9.94. The molecule has 0 fully saturated rings. The van der Waals surface area contributed by atoms with Crippen LogP contribution in [-0.2, 0) is 9.09 Å². The summed E-state index contributed by atoms with van der Waals surface area (Å²) in [4.78, 5) is 9.50. The fourth-order valence-corrected chi connectivity index (χ4v) is 2.26. The zero-order valence-corrected chi connectivity index (χ0v) is 12.4. The van der Waals surface area contributed by atoms with E-state index < -0.39 is 7.82 Å². The van der Waals surface area contributed by atoms with Gasteiger partial charge < -0.3 is 4.52 Å². The van der Waals surface area contributed by atoms with Crippen LogP contribution in [0.25, 0.3) is 0 Å². The highest BCUT2D eigenvalue weighted by molar-refractivity contribution is 7.47. The second-order valence-corrected chi connectivity index (χ2v) is 6.30. The number of hydrogen-bond donors (Lipinski definition) is 1. The molecule has 0 spiro atoms. The fourth-order valence-electron chi connectivity index (χ4n) is 1.74. The molecule has 1 N–H and O–H groups in total. The maximum atomic E-state index is 11.6. The Morgan fingerprint density at radius 1 is 1.11 bits per heavy atom. The Labute approximate surface area is 109 Å². The average Bonchev–Trinajstić information content (AvgIpc) is 2.28. The average molecular weight is 272 g/mol. The molecular formula is C13H21O4P. The first kappa shape index (κ1) is 15.2. The van der Waals surface area contributed by atoms with E-state index in [0.29, 0.717) is 5.75 Å². The molecule has 102 valence electrons. The molecule has 1 aromatic carbocycles. The van der Waals surface area contributed by atoms with Crippen LogP contribution in [0.5, 0.6) is 5.75 Å². The maximum absolute atomic E-state index is 11.6. The molecule has 0 aliphatic heterocycles. The highest BCUT2D eigenvalue weighted by Crippen LogP contribution is 2.47. The lowest BCUT2D eigenvalue weighted by Gasteiger charge is -2.21. The summed E-state index contributed by atoms with van der Waals surface area (Å²) < 4.78 is 21.3. The number of benzene rings is 1. The van der Waals surface area contributed by atoms with Crippen LogP contribution in [0.4, 0.5) is 0 Å². The lowest BCUT2D eigenvalue weighted by molar-refractivity contribution is 0.241. The summed E-state index contributed by atoms with van der Waals surface area (Å²) in [5.74, 6) is 0.876. The molecule has 0 saturated carbocycles. The van der Waals surface area contributed by atoms with Crippen molar-refractivity contribution in [3.8, 4) is 5.75 Å². The third kappa shape index (κ3) is 3.58. The van der Waals surface area contributed by atoms with Gasteiger partial charge in [0.05, 0.1) is 0 Å². The van der Waals surface area contributed by atoms with Gasteiger partial charge in [-0.15, -0.1) is 0 Å². The van der Waals surface area contributed by atoms with Gasteiger partial charge in [-0.2, -0.15) is 0 Å². The van der Waals surface area contributed by atoms with Crippen LogP contribution < -0.4 is 4.52 Å². The van der Waals surface area contributed by atoms with Gasteiger partial charge in [0.2, 0.25) is 0 Å². The number of hydrogen-bond acceptors (Lipinski definition) is 3. The molecule has 1 unspecified atom stereocenters. The van der Waals surface area contributed by atoms with E-state index >= 15 is 0 Å². The van der Waals surface area contributed by atoms with Crippen molar-refractivity contribution in [2.24, 2.45) is 0 Å². The van der Waals surface area contributed by atoms with Crippen LogP contribution in [0.3, 0.4) is 0 Å². The van der Waals surface area contributed by atoms with E-state index in [1.807, 2.05) is 45.9 Å². The summed E-state index contributed by atoms with van der Waals surface area (Å²) in [5, 5.41) is 0. The molecule has 1 rings (SSSR count). The number of rotatable bonds is 5. The number of phosphoric ester groups is 1. The molecule has 0 heterocycles. The number of para-hydroxylation sites is 1. The fraction of sp³-hybridized carbons (Fsp3) is 0.538. The monoisotopic (exact) mass is 272 g/mol. The third-order valence-corrected chi connectivity index (χ3v) is 3.63. The zero-order valence-electron chi connectivity index (χ0n) is 11.5. The summed E-state index contributed by atoms with van der Waals surface area (Å²) >= 11 is 0. The minimum atomic E-state index is -4.03. The molecule has 0 aliphatic carbocycles. The smallest absolute Gasteiger partial charge is 0.404 e. The van der Waals surface area contributed by atoms with Gasteiger partial charge in [-0.05, 0) is 23.0 Å². The second-order valence-electron chi connectivity index (χ2n) is 4.82. The van der Waals surface area contributed by atoms with Crippen LogP contribution >= 0.6 is 7.82 Å². The first-order valence-corrected chi connectivity index (χ1v) is 7.49. The number of phosphoric acid groups is 1. The predicted octanol–water partition coefficient (Wildman–Crippen LogP) is 4.06. The van der Waals surface area contributed by atoms with E-state index in [2.05, 4.69) is 4.52 Å². The highest BCUT2D eigenvalue weighted by Gasteiger charge is 2.25. The largest absolute Gasteiger partial charge is 0.527 e. The molecular weight excluding hydrogens is 251 g/mol. The van der Waals surface area contributed by atoms with Crippen molar-refractivity contribution in [3.05, 3.63) is 29.3 Å². The molecule has 0 aliphatic rings. The molecule has 0 aromatic heterocycles. The molecule has 0 amide bonds. The van der Waals surface area contributed by atoms with Crippen molar-refractivity contribution in [2.75, 3.05) is 7.11 Å². The van der Waals surface area contributed by atoms with Crippen LogP contribution in [0.2, 0.25) is 0 Å². The van der Waals surface area contributed by atoms with Crippen LogP contribution in [0.1, 0.15) is 50.7 Å². The van der Waals surface area contributed by atoms with Gasteiger partial charge in [0.25, 0.3) is 0 Å². The summed E-state index contributed by atoms with van der Waals surface area (Å²) in [5.41, 5.74) is 1.82. The van der Waals surface area contributed by atoms with Crippen molar-refractivity contribution in [2.45, 2.75) is 39.5 Å². The van der Waals surface area contributed by atoms with Crippen LogP contribution in [0, 0.1) is 0 Å². The Bertz CT molecular complexity index is 428. The van der Waals surface area contributed by atoms with E-state index in [4.69, 9.17) is 4.52 Å². The second kappa shape index (κ2) is 5.87. The normalized spacial score (nSPS) is 14.9. The quantitative estimate of drug-likeness (QED) is 0.821. The Morgan fingerprint density at radius 3 is 1.89 bits per heavy atom. The van der Waals surface area contributed by atoms with Gasteiger partial charge in [0.15, 0.2) is 0 Å². The minimum Gasteiger partial charge on any atom is -0.404 e. The molecule has 5 heteroatoms. The summed E-state index contributed by atoms with van der Waals surface area (Å²) in [7, 11) is -2.87. The third-order valence-electron chi connectivity index (χ3n) is 2.76. The Hall–Kier alpha value is -0.830. The van der Waals surface area contributed by atoms with E-state index in [1.165, 1.54) is 0 Å². The lowest BCUT2D eigenvalue weighted by Crippen LogP contribution is -2.03. The van der Waals surface area contributed by atoms with Gasteiger partial charge in [0, 0.05) is 7.11 Å². The van der Waals surface area contributed by atoms with Crippen LogP contribution in [0.15, 0.2) is 18.2 Å². The summed E-state index contributed by atoms with van der Waals surface area (Å²) in [6.07, 6.45) is 0. The highest BCUT2D eigenvalue weighted by atomic mass is 31.2. The van der Waals surface area contributed by atoms with E-state index in [1.54, 1.807) is 0 Å². The SMILES string of the molecule is COP(=O)(O)Oc1c(C(C)C)cccc1C(C)C. The Kier molecular flexibility index (Phi) is 4.97. The van der Waals surface area contributed by atoms with Crippen LogP contribution in [-0.4, -0.2) is 12.0 Å². The minimum absolute atomic E-state index is 0.204. The van der Waals surface area contributed by atoms with E-state index in [9.17, 15) is 9.46 Å². The van der Waals surface area contributed by atoms with Crippen molar-refractivity contribution in [1.82, 2.24) is 0 Å². The van der Waals surface area contributed by atoms with E-state index in [-0.39, 0.29) is 11.8 Å². The Morgan fingerprint density at radius 2 is 1.56 bits per heavy atom. The first-order chi connectivity index (χ1) is 8.28. The molecule has 18 heavy (non-hydrogen) atoms. The molecule has 1 atom stereocenters. The van der Waals surface area contributed by atoms with Crippen molar-refractivity contribution in [3.63, 3.8) is 0 Å². The topological polar surface area (TPSA) is 55.8 Å². The van der Waals surface area contributed by atoms with Gasteiger partial charge in [-0.3, -0.25) is 9.42 Å². The molecule has 0 saturated heterocycles. The maximum Gasteiger partial charge on any atom is 0.527 e. The molecule has 1 aromatic rings. The summed E-state index contributed by atoms with van der Waals surface area (Å²) in [6, 6.07) is 5.75. The van der Waals surface area contributed by atoms with Crippen molar-refractivity contribution < 1.29 is 18.5 Å². The van der Waals surface area contributed by atoms with Crippen molar-refractivity contribution >= 4 is 7.82 Å². The van der Waals surface area contributed by atoms with Gasteiger partial charge >= 0.3 is 7.82 Å². The van der Waals surface area contributed by atoms with Crippen molar-refractivity contribution in [1.29, 1.82) is 0 Å². The van der Waals surface area contributed by atoms with Gasteiger partial charge in [-0.25, -0.2) is 4.57 Å². The molecule has 4 nitrogen and oxygen atoms in total.